The van der Waals surface area contributed by atoms with Gasteiger partial charge in [-0.3, -0.25) is 4.79 Å². The molecule has 0 unspecified atom stereocenters. The number of hydrogen-bond donors (Lipinski definition) is 1. The Morgan fingerprint density at radius 2 is 1.95 bits per heavy atom. The van der Waals surface area contributed by atoms with Gasteiger partial charge in [0.15, 0.2) is 0 Å². The first-order valence-electron chi connectivity index (χ1n) is 6.92. The zero-order chi connectivity index (χ0) is 15.7. The Morgan fingerprint density at radius 3 is 2.59 bits per heavy atom. The number of pyridine rings is 1. The molecule has 3 aromatic rings. The molecule has 1 aromatic carbocycles. The van der Waals surface area contributed by atoms with E-state index in [2.05, 4.69) is 4.98 Å². The summed E-state index contributed by atoms with van der Waals surface area (Å²) in [6, 6.07) is 11.3. The average Bonchev–Trinajstić information content (AvgIpc) is 2.85. The molecule has 112 valence electrons. The van der Waals surface area contributed by atoms with E-state index in [-0.39, 0.29) is 6.42 Å². The van der Waals surface area contributed by atoms with E-state index in [1.54, 1.807) is 7.11 Å². The third kappa shape index (κ3) is 2.53. The molecule has 0 amide bonds. The highest BCUT2D eigenvalue weighted by atomic mass is 16.5. The van der Waals surface area contributed by atoms with Crippen LogP contribution in [0.1, 0.15) is 11.3 Å². The molecule has 22 heavy (non-hydrogen) atoms. The maximum atomic E-state index is 11.2. The number of ether oxygens (including phenoxy) is 1. The van der Waals surface area contributed by atoms with Crippen LogP contribution >= 0.6 is 0 Å². The largest absolute Gasteiger partial charge is 0.497 e. The van der Waals surface area contributed by atoms with Gasteiger partial charge in [-0.05, 0) is 42.8 Å². The zero-order valence-electron chi connectivity index (χ0n) is 12.4. The summed E-state index contributed by atoms with van der Waals surface area (Å²) >= 11 is 0. The topological polar surface area (TPSA) is 63.8 Å². The molecule has 3 rings (SSSR count). The number of carboxylic acids is 1. The summed E-state index contributed by atoms with van der Waals surface area (Å²) in [6.07, 6.45) is 1.83. The Morgan fingerprint density at radius 1 is 1.23 bits per heavy atom. The van der Waals surface area contributed by atoms with Crippen LogP contribution in [-0.4, -0.2) is 27.6 Å². The molecule has 0 aliphatic carbocycles. The van der Waals surface area contributed by atoms with Gasteiger partial charge in [-0.2, -0.15) is 0 Å². The molecule has 0 spiro atoms. The molecule has 5 heteroatoms. The molecule has 0 bridgehead atoms. The van der Waals surface area contributed by atoms with Gasteiger partial charge in [0, 0.05) is 11.8 Å². The Balaban J connectivity index is 2.20. The summed E-state index contributed by atoms with van der Waals surface area (Å²) in [7, 11) is 1.61. The second kappa shape index (κ2) is 5.52. The standard InChI is InChI=1S/C17H16N2O3/c1-11-3-8-15-18-17(12-4-6-13(22-2)7-5-12)14(9-16(20)21)19(15)10-11/h3-8,10H,9H2,1-2H3,(H,20,21). The van der Waals surface area contributed by atoms with Crippen LogP contribution in [0.4, 0.5) is 0 Å². The smallest absolute Gasteiger partial charge is 0.309 e. The number of nitrogens with zero attached hydrogens (tertiary/aromatic N) is 2. The van der Waals surface area contributed by atoms with E-state index in [4.69, 9.17) is 4.74 Å². The minimum Gasteiger partial charge on any atom is -0.497 e. The van der Waals surface area contributed by atoms with E-state index in [1.807, 2.05) is 53.9 Å². The third-order valence-corrected chi connectivity index (χ3v) is 3.55. The summed E-state index contributed by atoms with van der Waals surface area (Å²) in [4.78, 5) is 15.8. The lowest BCUT2D eigenvalue weighted by atomic mass is 10.1. The number of aromatic nitrogens is 2. The van der Waals surface area contributed by atoms with E-state index >= 15 is 0 Å². The molecule has 0 radical (unpaired) electrons. The maximum absolute atomic E-state index is 11.2. The van der Waals surface area contributed by atoms with Crippen molar-refractivity contribution in [2.75, 3.05) is 7.11 Å². The highest BCUT2D eigenvalue weighted by Crippen LogP contribution is 2.27. The van der Waals surface area contributed by atoms with Gasteiger partial charge in [-0.1, -0.05) is 6.07 Å². The fourth-order valence-corrected chi connectivity index (χ4v) is 2.49. The number of aliphatic carboxylic acids is 1. The van der Waals surface area contributed by atoms with Crippen molar-refractivity contribution in [1.29, 1.82) is 0 Å². The lowest BCUT2D eigenvalue weighted by Gasteiger charge is -2.05. The summed E-state index contributed by atoms with van der Waals surface area (Å²) < 4.78 is 7.00. The Labute approximate surface area is 127 Å². The van der Waals surface area contributed by atoms with Crippen LogP contribution in [0.3, 0.4) is 0 Å². The number of carboxylic acid groups (broad SMARTS) is 1. The van der Waals surface area contributed by atoms with E-state index in [9.17, 15) is 9.90 Å². The Hall–Kier alpha value is -2.82. The fourth-order valence-electron chi connectivity index (χ4n) is 2.49. The van der Waals surface area contributed by atoms with Crippen LogP contribution in [-0.2, 0) is 11.2 Å². The van der Waals surface area contributed by atoms with Gasteiger partial charge in [-0.25, -0.2) is 4.98 Å². The molecule has 0 aliphatic heterocycles. The van der Waals surface area contributed by atoms with Crippen molar-refractivity contribution in [2.45, 2.75) is 13.3 Å². The van der Waals surface area contributed by atoms with Crippen molar-refractivity contribution in [3.63, 3.8) is 0 Å². The molecular formula is C17H16N2O3. The van der Waals surface area contributed by atoms with Gasteiger partial charge in [0.05, 0.1) is 24.9 Å². The monoisotopic (exact) mass is 296 g/mol. The number of methoxy groups -OCH3 is 1. The predicted molar refractivity (Wildman–Crippen MR) is 83.3 cm³/mol. The lowest BCUT2D eigenvalue weighted by Crippen LogP contribution is -2.05. The molecule has 0 saturated carbocycles. The minimum absolute atomic E-state index is 0.0774. The summed E-state index contributed by atoms with van der Waals surface area (Å²) in [6.45, 7) is 1.97. The van der Waals surface area contributed by atoms with Crippen LogP contribution in [0.2, 0.25) is 0 Å². The van der Waals surface area contributed by atoms with Crippen molar-refractivity contribution in [3.8, 4) is 17.0 Å². The molecule has 5 nitrogen and oxygen atoms in total. The SMILES string of the molecule is COc1ccc(-c2nc3ccc(C)cn3c2CC(=O)O)cc1. The zero-order valence-corrected chi connectivity index (χ0v) is 12.4. The quantitative estimate of drug-likeness (QED) is 0.804. The third-order valence-electron chi connectivity index (χ3n) is 3.55. The number of rotatable bonds is 4. The Bertz CT molecular complexity index is 835. The molecule has 0 fully saturated rings. The minimum atomic E-state index is -0.877. The van der Waals surface area contributed by atoms with E-state index in [1.165, 1.54) is 0 Å². The first-order chi connectivity index (χ1) is 10.6. The van der Waals surface area contributed by atoms with Gasteiger partial charge in [0.25, 0.3) is 0 Å². The average molecular weight is 296 g/mol. The van der Waals surface area contributed by atoms with Gasteiger partial charge in [0.1, 0.15) is 11.4 Å². The summed E-state index contributed by atoms with van der Waals surface area (Å²) in [5.74, 6) is -0.124. The number of aryl methyl sites for hydroxylation is 1. The number of benzene rings is 1. The van der Waals surface area contributed by atoms with Crippen molar-refractivity contribution in [1.82, 2.24) is 9.38 Å². The molecular weight excluding hydrogens is 280 g/mol. The molecule has 1 N–H and O–H groups in total. The van der Waals surface area contributed by atoms with Crippen LogP contribution in [0.15, 0.2) is 42.6 Å². The van der Waals surface area contributed by atoms with Crippen LogP contribution in [0, 0.1) is 6.92 Å². The molecule has 0 aliphatic rings. The van der Waals surface area contributed by atoms with Crippen molar-refractivity contribution in [3.05, 3.63) is 53.9 Å². The highest BCUT2D eigenvalue weighted by Gasteiger charge is 2.16. The second-order valence-electron chi connectivity index (χ2n) is 5.14. The van der Waals surface area contributed by atoms with E-state index < -0.39 is 5.97 Å². The maximum Gasteiger partial charge on any atom is 0.309 e. The van der Waals surface area contributed by atoms with Gasteiger partial charge >= 0.3 is 5.97 Å². The molecule has 0 atom stereocenters. The molecule has 2 aromatic heterocycles. The molecule has 0 saturated heterocycles. The van der Waals surface area contributed by atoms with Gasteiger partial charge in [0.2, 0.25) is 0 Å². The van der Waals surface area contributed by atoms with Crippen molar-refractivity contribution in [2.24, 2.45) is 0 Å². The van der Waals surface area contributed by atoms with Crippen molar-refractivity contribution < 1.29 is 14.6 Å². The van der Waals surface area contributed by atoms with E-state index in [0.717, 1.165) is 22.5 Å². The van der Waals surface area contributed by atoms with E-state index in [0.29, 0.717) is 11.4 Å². The van der Waals surface area contributed by atoms with Crippen LogP contribution in [0.25, 0.3) is 16.9 Å². The number of carbonyl (C=O) groups is 1. The highest BCUT2D eigenvalue weighted by molar-refractivity contribution is 5.76. The number of fused-ring (bicyclic) bond motifs is 1. The second-order valence-corrected chi connectivity index (χ2v) is 5.14. The van der Waals surface area contributed by atoms with Crippen LogP contribution < -0.4 is 4.74 Å². The van der Waals surface area contributed by atoms with Gasteiger partial charge in [-0.15, -0.1) is 0 Å². The van der Waals surface area contributed by atoms with Crippen LogP contribution in [0.5, 0.6) is 5.75 Å². The first-order valence-corrected chi connectivity index (χ1v) is 6.92. The summed E-state index contributed by atoms with van der Waals surface area (Å²) in [5, 5.41) is 9.21. The molecule has 2 heterocycles. The normalized spacial score (nSPS) is 10.8. The predicted octanol–water partition coefficient (Wildman–Crippen LogP) is 2.95. The lowest BCUT2D eigenvalue weighted by molar-refractivity contribution is -0.136. The number of imidazole rings is 1. The number of hydrogen-bond acceptors (Lipinski definition) is 3. The summed E-state index contributed by atoms with van der Waals surface area (Å²) in [5.41, 5.74) is 4.04. The Kier molecular flexibility index (Phi) is 3.55. The first kappa shape index (κ1) is 14.1. The van der Waals surface area contributed by atoms with Gasteiger partial charge < -0.3 is 14.2 Å². The fraction of sp³-hybridized carbons (Fsp3) is 0.176. The van der Waals surface area contributed by atoms with Crippen molar-refractivity contribution >= 4 is 11.6 Å².